The molecule has 0 spiro atoms. The van der Waals surface area contributed by atoms with Crippen LogP contribution in [0.4, 0.5) is 10.5 Å². The van der Waals surface area contributed by atoms with E-state index in [0.29, 0.717) is 17.2 Å². The summed E-state index contributed by atoms with van der Waals surface area (Å²) < 4.78 is 0. The van der Waals surface area contributed by atoms with E-state index in [0.717, 1.165) is 15.6 Å². The number of carbonyl (C=O) groups is 1. The molecule has 0 aromatic carbocycles. The summed E-state index contributed by atoms with van der Waals surface area (Å²) in [7, 11) is 1.76. The summed E-state index contributed by atoms with van der Waals surface area (Å²) in [5, 5.41) is 3.89. The number of amides is 2. The molecule has 0 saturated heterocycles. The first-order chi connectivity index (χ1) is 11.2. The summed E-state index contributed by atoms with van der Waals surface area (Å²) in [6, 6.07) is 1.34. The third kappa shape index (κ3) is 3.84. The van der Waals surface area contributed by atoms with Crippen molar-refractivity contribution < 1.29 is 4.79 Å². The number of nitrogens with zero attached hydrogens (tertiary/aromatic N) is 2. The van der Waals surface area contributed by atoms with E-state index in [2.05, 4.69) is 29.1 Å². The Hall–Kier alpha value is -2.15. The van der Waals surface area contributed by atoms with E-state index in [-0.39, 0.29) is 17.6 Å². The van der Waals surface area contributed by atoms with Crippen LogP contribution in [0.15, 0.2) is 17.1 Å². The number of H-pyrrole nitrogens is 1. The molecular formula is C17H24N4O2S. The van der Waals surface area contributed by atoms with Crippen LogP contribution in [0.3, 0.4) is 0 Å². The maximum atomic E-state index is 12.5. The van der Waals surface area contributed by atoms with Gasteiger partial charge in [-0.1, -0.05) is 13.8 Å². The maximum Gasteiger partial charge on any atom is 0.322 e. The van der Waals surface area contributed by atoms with E-state index in [9.17, 15) is 9.59 Å². The van der Waals surface area contributed by atoms with Gasteiger partial charge < -0.3 is 15.2 Å². The van der Waals surface area contributed by atoms with Crippen molar-refractivity contribution >= 4 is 23.1 Å². The molecule has 2 rings (SSSR count). The van der Waals surface area contributed by atoms with Crippen molar-refractivity contribution in [1.82, 2.24) is 14.9 Å². The normalized spacial score (nSPS) is 12.3. The largest absolute Gasteiger partial charge is 0.327 e. The number of aromatic nitrogens is 2. The Morgan fingerprint density at radius 1 is 1.33 bits per heavy atom. The van der Waals surface area contributed by atoms with Gasteiger partial charge in [0, 0.05) is 29.6 Å². The summed E-state index contributed by atoms with van der Waals surface area (Å²) >= 11 is 1.65. The minimum Gasteiger partial charge on any atom is -0.327 e. The smallest absolute Gasteiger partial charge is 0.322 e. The first-order valence-electron chi connectivity index (χ1n) is 7.91. The van der Waals surface area contributed by atoms with Crippen molar-refractivity contribution in [1.29, 1.82) is 0 Å². The molecular weight excluding hydrogens is 324 g/mol. The van der Waals surface area contributed by atoms with Gasteiger partial charge in [0.25, 0.3) is 5.56 Å². The number of anilines is 1. The Bertz CT molecular complexity index is 794. The molecule has 0 radical (unpaired) electrons. The first-order valence-corrected chi connectivity index (χ1v) is 8.72. The summed E-state index contributed by atoms with van der Waals surface area (Å²) in [5.74, 6) is 0.373. The molecule has 0 fully saturated rings. The van der Waals surface area contributed by atoms with Gasteiger partial charge in [-0.05, 0) is 26.8 Å². The van der Waals surface area contributed by atoms with Crippen LogP contribution in [0.1, 0.15) is 53.9 Å². The van der Waals surface area contributed by atoms with Gasteiger partial charge in [-0.15, -0.1) is 11.3 Å². The average Bonchev–Trinajstić information content (AvgIpc) is 2.91. The van der Waals surface area contributed by atoms with Crippen LogP contribution in [0, 0.1) is 13.8 Å². The zero-order chi connectivity index (χ0) is 18.0. The highest BCUT2D eigenvalue weighted by Crippen LogP contribution is 2.32. The van der Waals surface area contributed by atoms with Crippen LogP contribution in [0.2, 0.25) is 0 Å². The third-order valence-corrected chi connectivity index (χ3v) is 5.59. The lowest BCUT2D eigenvalue weighted by Gasteiger charge is -2.24. The van der Waals surface area contributed by atoms with Gasteiger partial charge in [-0.3, -0.25) is 4.79 Å². The fourth-order valence-corrected chi connectivity index (χ4v) is 3.46. The number of hydrogen-bond donors (Lipinski definition) is 2. The predicted molar refractivity (Wildman–Crippen MR) is 97.9 cm³/mol. The predicted octanol–water partition coefficient (Wildman–Crippen LogP) is 3.80. The van der Waals surface area contributed by atoms with Crippen LogP contribution in [-0.2, 0) is 0 Å². The minimum absolute atomic E-state index is 0.0844. The fraction of sp³-hybridized carbons (Fsp3) is 0.471. The molecule has 7 heteroatoms. The number of pyridine rings is 1. The van der Waals surface area contributed by atoms with E-state index >= 15 is 0 Å². The van der Waals surface area contributed by atoms with Crippen LogP contribution >= 0.6 is 11.3 Å². The standard InChI is InChI=1S/C17H24N4O2S/c1-9(2)16-19-11(4)14(24-16)12(5)21(6)17(23)20-13-7-10(3)15(22)18-8-13/h7-9,12H,1-6H3,(H,18,22)(H,20,23). The summed E-state index contributed by atoms with van der Waals surface area (Å²) in [5.41, 5.74) is 1.94. The Morgan fingerprint density at radius 3 is 2.54 bits per heavy atom. The van der Waals surface area contributed by atoms with Crippen molar-refractivity contribution in [2.75, 3.05) is 12.4 Å². The Kier molecular flexibility index (Phi) is 5.43. The van der Waals surface area contributed by atoms with Crippen molar-refractivity contribution in [3.05, 3.63) is 43.8 Å². The Labute approximate surface area is 145 Å². The van der Waals surface area contributed by atoms with E-state index in [4.69, 9.17) is 0 Å². The van der Waals surface area contributed by atoms with Gasteiger partial charge in [0.2, 0.25) is 0 Å². The van der Waals surface area contributed by atoms with E-state index < -0.39 is 0 Å². The molecule has 1 unspecified atom stereocenters. The molecule has 2 amide bonds. The van der Waals surface area contributed by atoms with E-state index in [1.807, 2.05) is 13.8 Å². The zero-order valence-corrected chi connectivity index (χ0v) is 15.7. The van der Waals surface area contributed by atoms with Crippen LogP contribution in [-0.4, -0.2) is 27.9 Å². The van der Waals surface area contributed by atoms with Gasteiger partial charge in [0.05, 0.1) is 22.4 Å². The van der Waals surface area contributed by atoms with E-state index in [1.165, 1.54) is 6.20 Å². The minimum atomic E-state index is -0.229. The van der Waals surface area contributed by atoms with Gasteiger partial charge in [0.1, 0.15) is 0 Å². The zero-order valence-electron chi connectivity index (χ0n) is 14.9. The quantitative estimate of drug-likeness (QED) is 0.882. The fourth-order valence-electron chi connectivity index (χ4n) is 2.30. The lowest BCUT2D eigenvalue weighted by molar-refractivity contribution is 0.209. The monoisotopic (exact) mass is 348 g/mol. The topological polar surface area (TPSA) is 78.1 Å². The first kappa shape index (κ1) is 18.2. The van der Waals surface area contributed by atoms with Crippen LogP contribution in [0.5, 0.6) is 0 Å². The third-order valence-electron chi connectivity index (χ3n) is 3.96. The molecule has 24 heavy (non-hydrogen) atoms. The van der Waals surface area contributed by atoms with E-state index in [1.54, 1.807) is 36.3 Å². The summed E-state index contributed by atoms with van der Waals surface area (Å²) in [6.45, 7) is 9.89. The molecule has 130 valence electrons. The van der Waals surface area contributed by atoms with Crippen molar-refractivity contribution in [3.63, 3.8) is 0 Å². The molecule has 6 nitrogen and oxygen atoms in total. The molecule has 2 aromatic rings. The van der Waals surface area contributed by atoms with Crippen molar-refractivity contribution in [2.45, 2.75) is 46.6 Å². The number of nitrogens with one attached hydrogen (secondary N) is 2. The second-order valence-corrected chi connectivity index (χ2v) is 7.34. The number of urea groups is 1. The lowest BCUT2D eigenvalue weighted by Crippen LogP contribution is -2.33. The van der Waals surface area contributed by atoms with Crippen molar-refractivity contribution in [2.24, 2.45) is 0 Å². The number of carbonyl (C=O) groups excluding carboxylic acids is 1. The van der Waals surface area contributed by atoms with Crippen molar-refractivity contribution in [3.8, 4) is 0 Å². The molecule has 0 aliphatic heterocycles. The molecule has 2 aromatic heterocycles. The number of thiazole rings is 1. The van der Waals surface area contributed by atoms with Gasteiger partial charge >= 0.3 is 6.03 Å². The SMILES string of the molecule is Cc1nc(C(C)C)sc1C(C)N(C)C(=O)Nc1c[nH]c(=O)c(C)c1. The number of aryl methyl sites for hydroxylation is 2. The average molecular weight is 348 g/mol. The number of hydrogen-bond acceptors (Lipinski definition) is 4. The lowest BCUT2D eigenvalue weighted by atomic mass is 10.2. The van der Waals surface area contributed by atoms with Crippen LogP contribution < -0.4 is 10.9 Å². The van der Waals surface area contributed by atoms with Gasteiger partial charge in [-0.25, -0.2) is 9.78 Å². The highest BCUT2D eigenvalue weighted by atomic mass is 32.1. The highest BCUT2D eigenvalue weighted by molar-refractivity contribution is 7.11. The second-order valence-electron chi connectivity index (χ2n) is 6.27. The molecule has 0 aliphatic rings. The molecule has 0 aliphatic carbocycles. The summed E-state index contributed by atoms with van der Waals surface area (Å²) in [6.07, 6.45) is 1.50. The van der Waals surface area contributed by atoms with Crippen LogP contribution in [0.25, 0.3) is 0 Å². The molecule has 1 atom stereocenters. The maximum absolute atomic E-state index is 12.5. The Morgan fingerprint density at radius 2 is 2.00 bits per heavy atom. The number of aromatic amines is 1. The number of rotatable bonds is 4. The second kappa shape index (κ2) is 7.17. The molecule has 0 saturated carbocycles. The molecule has 0 bridgehead atoms. The Balaban J connectivity index is 2.14. The highest BCUT2D eigenvalue weighted by Gasteiger charge is 2.22. The van der Waals surface area contributed by atoms with Gasteiger partial charge in [-0.2, -0.15) is 0 Å². The summed E-state index contributed by atoms with van der Waals surface area (Å²) in [4.78, 5) is 33.8. The van der Waals surface area contributed by atoms with Gasteiger partial charge in [0.15, 0.2) is 0 Å². The molecule has 2 N–H and O–H groups in total. The molecule has 2 heterocycles.